The Morgan fingerprint density at radius 2 is 1.85 bits per heavy atom. The van der Waals surface area contributed by atoms with Crippen LogP contribution in [0.3, 0.4) is 0 Å². The van der Waals surface area contributed by atoms with E-state index in [1.165, 1.54) is 26.4 Å². The second-order valence-corrected chi connectivity index (χ2v) is 13.1. The van der Waals surface area contributed by atoms with Crippen molar-refractivity contribution in [2.75, 3.05) is 20.4 Å². The third kappa shape index (κ3) is 5.83. The van der Waals surface area contributed by atoms with E-state index in [1.807, 2.05) is 31.2 Å². The molecular formula is C32H44N2O7. The zero-order valence-corrected chi connectivity index (χ0v) is 25.0. The molecule has 3 aliphatic heterocycles. The number of fused-ring (bicyclic) bond motifs is 2. The van der Waals surface area contributed by atoms with Crippen molar-refractivity contribution in [2.24, 2.45) is 22.7 Å². The van der Waals surface area contributed by atoms with Gasteiger partial charge in [0.2, 0.25) is 18.6 Å². The molecule has 4 aliphatic rings. The number of amides is 2. The summed E-state index contributed by atoms with van der Waals surface area (Å²) < 4.78 is 22.9. The minimum absolute atomic E-state index is 0.00460. The SMILES string of the molecule is COC(=O)[C@]12C[C@H](CC(=O)NCC3CCCCC3)C(=O)N(Cc3ccc4c(c3)OCO4)C1=C[C@H](C(C)(C)C)O[C@@H]2C. The van der Waals surface area contributed by atoms with Crippen LogP contribution in [-0.2, 0) is 30.4 Å². The molecule has 41 heavy (non-hydrogen) atoms. The number of nitrogens with one attached hydrogen (secondary N) is 1. The molecule has 5 rings (SSSR count). The number of esters is 1. The average molecular weight is 569 g/mol. The van der Waals surface area contributed by atoms with E-state index >= 15 is 0 Å². The third-order valence-electron chi connectivity index (χ3n) is 9.21. The van der Waals surface area contributed by atoms with Crippen molar-refractivity contribution in [3.63, 3.8) is 0 Å². The number of hydrogen-bond acceptors (Lipinski definition) is 7. The number of nitrogens with zero attached hydrogens (tertiary/aromatic N) is 1. The van der Waals surface area contributed by atoms with Crippen LogP contribution in [0.1, 0.15) is 78.2 Å². The molecule has 1 saturated carbocycles. The van der Waals surface area contributed by atoms with Crippen LogP contribution < -0.4 is 14.8 Å². The lowest BCUT2D eigenvalue weighted by Crippen LogP contribution is -2.61. The summed E-state index contributed by atoms with van der Waals surface area (Å²) in [7, 11) is 1.36. The summed E-state index contributed by atoms with van der Waals surface area (Å²) in [6.45, 7) is 9.07. The molecule has 1 aromatic rings. The summed E-state index contributed by atoms with van der Waals surface area (Å²) in [6.07, 6.45) is 7.06. The molecule has 0 aromatic heterocycles. The molecule has 9 nitrogen and oxygen atoms in total. The number of methoxy groups -OCH3 is 1. The fourth-order valence-electron chi connectivity index (χ4n) is 6.77. The molecule has 2 fully saturated rings. The molecule has 9 heteroatoms. The van der Waals surface area contributed by atoms with Gasteiger partial charge in [-0.05, 0) is 61.3 Å². The highest BCUT2D eigenvalue weighted by Gasteiger charge is 2.60. The molecule has 1 saturated heterocycles. The van der Waals surface area contributed by atoms with Crippen LogP contribution in [0.25, 0.3) is 0 Å². The minimum atomic E-state index is -1.23. The Balaban J connectivity index is 1.48. The molecule has 0 unspecified atom stereocenters. The second kappa shape index (κ2) is 11.7. The number of carbonyl (C=O) groups excluding carboxylic acids is 3. The van der Waals surface area contributed by atoms with E-state index < -0.39 is 23.4 Å². The lowest BCUT2D eigenvalue weighted by Gasteiger charge is -2.53. The summed E-state index contributed by atoms with van der Waals surface area (Å²) >= 11 is 0. The van der Waals surface area contributed by atoms with Gasteiger partial charge >= 0.3 is 5.97 Å². The van der Waals surface area contributed by atoms with E-state index in [2.05, 4.69) is 26.1 Å². The van der Waals surface area contributed by atoms with Gasteiger partial charge in [0.05, 0.1) is 25.9 Å². The maximum absolute atomic E-state index is 14.2. The van der Waals surface area contributed by atoms with Gasteiger partial charge in [0.15, 0.2) is 11.5 Å². The van der Waals surface area contributed by atoms with E-state index in [4.69, 9.17) is 18.9 Å². The van der Waals surface area contributed by atoms with Gasteiger partial charge in [-0.15, -0.1) is 0 Å². The number of hydrogen-bond donors (Lipinski definition) is 1. The summed E-state index contributed by atoms with van der Waals surface area (Å²) in [4.78, 5) is 42.8. The first-order valence-corrected chi connectivity index (χ1v) is 15.0. The van der Waals surface area contributed by atoms with Gasteiger partial charge in [0, 0.05) is 24.6 Å². The zero-order chi connectivity index (χ0) is 29.4. The second-order valence-electron chi connectivity index (χ2n) is 13.1. The Hall–Kier alpha value is -3.07. The molecule has 0 bridgehead atoms. The predicted octanol–water partition coefficient (Wildman–Crippen LogP) is 4.73. The van der Waals surface area contributed by atoms with E-state index in [9.17, 15) is 14.4 Å². The molecule has 0 radical (unpaired) electrons. The molecule has 1 aliphatic carbocycles. The summed E-state index contributed by atoms with van der Waals surface area (Å²) in [5, 5.41) is 3.08. The average Bonchev–Trinajstić information content (AvgIpc) is 3.42. The van der Waals surface area contributed by atoms with E-state index in [-0.39, 0.29) is 49.5 Å². The fraction of sp³-hybridized carbons (Fsp3) is 0.656. The van der Waals surface area contributed by atoms with Gasteiger partial charge in [0.1, 0.15) is 5.41 Å². The van der Waals surface area contributed by atoms with Crippen molar-refractivity contribution in [2.45, 2.75) is 91.4 Å². The maximum atomic E-state index is 14.2. The number of benzene rings is 1. The number of rotatable bonds is 7. The predicted molar refractivity (Wildman–Crippen MR) is 152 cm³/mol. The highest BCUT2D eigenvalue weighted by Crippen LogP contribution is 2.52. The lowest BCUT2D eigenvalue weighted by atomic mass is 9.65. The Bertz CT molecular complexity index is 1200. The number of piperidine rings is 1. The Kier molecular flexibility index (Phi) is 8.37. The molecule has 2 amide bonds. The fourth-order valence-corrected chi connectivity index (χ4v) is 6.77. The van der Waals surface area contributed by atoms with Crippen LogP contribution in [-0.4, -0.2) is 55.3 Å². The van der Waals surface area contributed by atoms with Crippen LogP contribution in [0.2, 0.25) is 0 Å². The van der Waals surface area contributed by atoms with Gasteiger partial charge in [-0.3, -0.25) is 14.4 Å². The maximum Gasteiger partial charge on any atom is 0.320 e. The topological polar surface area (TPSA) is 103 Å². The van der Waals surface area contributed by atoms with Crippen molar-refractivity contribution in [3.05, 3.63) is 35.5 Å². The lowest BCUT2D eigenvalue weighted by molar-refractivity contribution is -0.180. The standard InChI is InChI=1S/C32H44N2O7/c1-20-32(30(37)38-5)16-23(14-28(35)33-17-21-9-7-6-8-10-21)29(36)34(26(32)15-27(41-20)31(2,3)4)18-22-11-12-24-25(13-22)40-19-39-24/h11-13,15,20-21,23,27H,6-10,14,16-19H2,1-5H3,(H,33,35)/t20-,23+,27-,32+/m1/s1. The summed E-state index contributed by atoms with van der Waals surface area (Å²) in [5.74, 6) is 0.246. The highest BCUT2D eigenvalue weighted by atomic mass is 16.7. The van der Waals surface area contributed by atoms with Crippen LogP contribution in [0.4, 0.5) is 0 Å². The largest absolute Gasteiger partial charge is 0.468 e. The zero-order valence-electron chi connectivity index (χ0n) is 25.0. The molecule has 3 heterocycles. The number of carbonyl (C=O) groups is 3. The Morgan fingerprint density at radius 1 is 1.12 bits per heavy atom. The Labute approximate surface area is 242 Å². The molecule has 224 valence electrons. The van der Waals surface area contributed by atoms with Gasteiger partial charge < -0.3 is 29.2 Å². The quantitative estimate of drug-likeness (QED) is 0.475. The first-order valence-electron chi connectivity index (χ1n) is 15.0. The van der Waals surface area contributed by atoms with Crippen molar-refractivity contribution < 1.29 is 33.3 Å². The monoisotopic (exact) mass is 568 g/mol. The third-order valence-corrected chi connectivity index (χ3v) is 9.21. The van der Waals surface area contributed by atoms with Gasteiger partial charge in [-0.25, -0.2) is 0 Å². The molecule has 1 aromatic carbocycles. The number of ether oxygens (including phenoxy) is 4. The molecule has 1 N–H and O–H groups in total. The Morgan fingerprint density at radius 3 is 2.56 bits per heavy atom. The summed E-state index contributed by atoms with van der Waals surface area (Å²) in [5.41, 5.74) is -0.0808. The first kappa shape index (κ1) is 29.4. The van der Waals surface area contributed by atoms with Gasteiger partial charge in [0.25, 0.3) is 0 Å². The normalized spacial score (nSPS) is 28.1. The van der Waals surface area contributed by atoms with Gasteiger partial charge in [-0.2, -0.15) is 0 Å². The highest BCUT2D eigenvalue weighted by molar-refractivity contribution is 5.92. The van der Waals surface area contributed by atoms with Crippen LogP contribution >= 0.6 is 0 Å². The van der Waals surface area contributed by atoms with Crippen molar-refractivity contribution in [3.8, 4) is 11.5 Å². The molecular weight excluding hydrogens is 524 g/mol. The van der Waals surface area contributed by atoms with Crippen molar-refractivity contribution in [1.29, 1.82) is 0 Å². The first-order chi connectivity index (χ1) is 19.5. The molecule has 4 atom stereocenters. The van der Waals surface area contributed by atoms with Crippen molar-refractivity contribution >= 4 is 17.8 Å². The summed E-state index contributed by atoms with van der Waals surface area (Å²) in [6, 6.07) is 5.58. The van der Waals surface area contributed by atoms with Gasteiger partial charge in [-0.1, -0.05) is 46.1 Å². The minimum Gasteiger partial charge on any atom is -0.468 e. The van der Waals surface area contributed by atoms with Crippen LogP contribution in [0.5, 0.6) is 11.5 Å². The number of likely N-dealkylation sites (tertiary alicyclic amines) is 1. The van der Waals surface area contributed by atoms with E-state index in [0.29, 0.717) is 29.7 Å². The van der Waals surface area contributed by atoms with Crippen LogP contribution in [0, 0.1) is 22.7 Å². The van der Waals surface area contributed by atoms with Crippen molar-refractivity contribution in [1.82, 2.24) is 10.2 Å². The van der Waals surface area contributed by atoms with E-state index in [0.717, 1.165) is 18.4 Å². The van der Waals surface area contributed by atoms with E-state index in [1.54, 1.807) is 4.90 Å². The smallest absolute Gasteiger partial charge is 0.320 e. The van der Waals surface area contributed by atoms with Crippen LogP contribution in [0.15, 0.2) is 30.0 Å². The molecule has 0 spiro atoms.